The maximum atomic E-state index is 10.6. The van der Waals surface area contributed by atoms with Gasteiger partial charge in [-0.25, -0.2) is 5.84 Å². The number of hydrogen-bond donors (Lipinski definition) is 2. The third kappa shape index (κ3) is 1.94. The normalized spacial score (nSPS) is 8.10. The van der Waals surface area contributed by atoms with E-state index < -0.39 is 0 Å². The van der Waals surface area contributed by atoms with Gasteiger partial charge in [0, 0.05) is 0 Å². The van der Waals surface area contributed by atoms with Gasteiger partial charge in [-0.1, -0.05) is 0 Å². The third-order valence-electron chi connectivity index (χ3n) is 0.787. The summed E-state index contributed by atoms with van der Waals surface area (Å²) in [4.78, 5) is 14.8. The molecule has 0 aliphatic heterocycles. The van der Waals surface area contributed by atoms with Crippen LogP contribution in [-0.4, -0.2) is 10.9 Å². The van der Waals surface area contributed by atoms with Crippen LogP contribution in [0.1, 0.15) is 9.67 Å². The maximum absolute atomic E-state index is 10.6. The van der Waals surface area contributed by atoms with Crippen LogP contribution in [0.25, 0.3) is 0 Å². The van der Waals surface area contributed by atoms with E-state index in [-0.39, 0.29) is 18.3 Å². The van der Waals surface area contributed by atoms with Gasteiger partial charge in [-0.05, 0) is 0 Å². The topological polar surface area (TPSA) is 68.0 Å². The first-order valence-corrected chi connectivity index (χ1v) is 3.12. The van der Waals surface area contributed by atoms with Gasteiger partial charge in [0.25, 0.3) is 5.91 Å². The fraction of sp³-hybridized carbons (Fsp3) is 0. The van der Waals surface area contributed by atoms with Gasteiger partial charge in [0.2, 0.25) is 0 Å². The van der Waals surface area contributed by atoms with Crippen molar-refractivity contribution in [2.75, 3.05) is 0 Å². The van der Waals surface area contributed by atoms with E-state index in [1.54, 1.807) is 5.51 Å². The summed E-state index contributed by atoms with van der Waals surface area (Å²) in [6.07, 6.45) is 1.47. The van der Waals surface area contributed by atoms with Crippen molar-refractivity contribution < 1.29 is 4.79 Å². The summed E-state index contributed by atoms with van der Waals surface area (Å²) >= 11 is 1.25. The number of carbonyl (C=O) groups is 1. The molecule has 0 fully saturated rings. The first kappa shape index (κ1) is 9.35. The molecule has 0 atom stereocenters. The minimum absolute atomic E-state index is 0. The van der Waals surface area contributed by atoms with Crippen molar-refractivity contribution in [2.24, 2.45) is 5.84 Å². The van der Waals surface area contributed by atoms with E-state index in [0.717, 1.165) is 0 Å². The molecule has 1 heterocycles. The summed E-state index contributed by atoms with van der Waals surface area (Å²) in [6, 6.07) is 0. The molecule has 1 rings (SSSR count). The lowest BCUT2D eigenvalue weighted by molar-refractivity contribution is 0.0957. The minimum Gasteiger partial charge on any atom is -0.289 e. The highest BCUT2D eigenvalue weighted by atomic mass is 35.5. The van der Waals surface area contributed by atoms with Crippen LogP contribution < -0.4 is 11.3 Å². The monoisotopic (exact) mass is 179 g/mol. The summed E-state index contributed by atoms with van der Waals surface area (Å²) < 4.78 is 0. The van der Waals surface area contributed by atoms with Gasteiger partial charge >= 0.3 is 0 Å². The molecular weight excluding hydrogens is 174 g/mol. The van der Waals surface area contributed by atoms with Crippen molar-refractivity contribution in [2.45, 2.75) is 0 Å². The molecule has 1 aromatic rings. The highest BCUT2D eigenvalue weighted by molar-refractivity contribution is 7.11. The van der Waals surface area contributed by atoms with E-state index in [1.165, 1.54) is 17.5 Å². The average molecular weight is 180 g/mol. The summed E-state index contributed by atoms with van der Waals surface area (Å²) in [5, 5.41) is 0. The number of rotatable bonds is 1. The molecule has 0 radical (unpaired) electrons. The number of amides is 1. The number of hydrazine groups is 1. The predicted molar refractivity (Wildman–Crippen MR) is 41.0 cm³/mol. The van der Waals surface area contributed by atoms with Crippen molar-refractivity contribution in [3.8, 4) is 0 Å². The zero-order valence-electron chi connectivity index (χ0n) is 4.90. The summed E-state index contributed by atoms with van der Waals surface area (Å²) in [7, 11) is 0. The molecule has 0 saturated carbocycles. The van der Waals surface area contributed by atoms with Crippen LogP contribution in [-0.2, 0) is 0 Å². The Morgan fingerprint density at radius 2 is 2.50 bits per heavy atom. The molecule has 0 spiro atoms. The molecule has 0 saturated heterocycles. The van der Waals surface area contributed by atoms with Crippen LogP contribution in [0.2, 0.25) is 0 Å². The summed E-state index contributed by atoms with van der Waals surface area (Å²) in [5.74, 6) is 4.55. The van der Waals surface area contributed by atoms with Crippen molar-refractivity contribution >= 4 is 29.7 Å². The van der Waals surface area contributed by atoms with Gasteiger partial charge in [-0.2, -0.15) is 0 Å². The molecular formula is C4H6ClN3OS. The summed E-state index contributed by atoms with van der Waals surface area (Å²) in [6.45, 7) is 0. The minimum atomic E-state index is -0.294. The van der Waals surface area contributed by atoms with Crippen molar-refractivity contribution in [1.29, 1.82) is 0 Å². The lowest BCUT2D eigenvalue weighted by atomic mass is 10.5. The SMILES string of the molecule is Cl.NNC(=O)c1cncs1. The zero-order chi connectivity index (χ0) is 6.69. The molecule has 1 amide bonds. The predicted octanol–water partition coefficient (Wildman–Crippen LogP) is 0.168. The molecule has 3 N–H and O–H groups in total. The first-order chi connectivity index (χ1) is 4.34. The fourth-order valence-electron chi connectivity index (χ4n) is 0.399. The molecule has 4 nitrogen and oxygen atoms in total. The van der Waals surface area contributed by atoms with Crippen LogP contribution in [0, 0.1) is 0 Å². The second kappa shape index (κ2) is 4.21. The van der Waals surface area contributed by atoms with Crippen LogP contribution in [0.5, 0.6) is 0 Å². The number of aromatic nitrogens is 1. The van der Waals surface area contributed by atoms with Crippen LogP contribution in [0.3, 0.4) is 0 Å². The zero-order valence-corrected chi connectivity index (χ0v) is 6.54. The summed E-state index contributed by atoms with van der Waals surface area (Å²) in [5.41, 5.74) is 3.57. The Bertz CT molecular complexity index is 200. The van der Waals surface area contributed by atoms with Gasteiger partial charge < -0.3 is 0 Å². The maximum Gasteiger partial charge on any atom is 0.276 e. The van der Waals surface area contributed by atoms with Crippen LogP contribution in [0.4, 0.5) is 0 Å². The van der Waals surface area contributed by atoms with Crippen LogP contribution >= 0.6 is 23.7 Å². The van der Waals surface area contributed by atoms with Gasteiger partial charge in [0.05, 0.1) is 11.7 Å². The van der Waals surface area contributed by atoms with E-state index in [1.807, 2.05) is 5.43 Å². The molecule has 0 bridgehead atoms. The quantitative estimate of drug-likeness (QED) is 0.367. The molecule has 1 aromatic heterocycles. The standard InChI is InChI=1S/C4H5N3OS.ClH/c5-7-4(8)3-1-6-2-9-3;/h1-2H,5H2,(H,7,8);1H. The number of thiazole rings is 1. The second-order valence-corrected chi connectivity index (χ2v) is 2.23. The van der Waals surface area contributed by atoms with Gasteiger partial charge in [-0.3, -0.25) is 15.2 Å². The molecule has 0 unspecified atom stereocenters. The average Bonchev–Trinajstić information content (AvgIpc) is 2.37. The number of nitrogens with one attached hydrogen (secondary N) is 1. The number of nitrogen functional groups attached to an aromatic ring is 1. The van der Waals surface area contributed by atoms with Gasteiger partial charge in [0.1, 0.15) is 4.88 Å². The van der Waals surface area contributed by atoms with Crippen molar-refractivity contribution in [1.82, 2.24) is 10.4 Å². The van der Waals surface area contributed by atoms with E-state index in [2.05, 4.69) is 4.98 Å². The van der Waals surface area contributed by atoms with E-state index in [0.29, 0.717) is 4.88 Å². The lowest BCUT2D eigenvalue weighted by Gasteiger charge is -1.89. The van der Waals surface area contributed by atoms with Gasteiger partial charge in [-0.15, -0.1) is 23.7 Å². The van der Waals surface area contributed by atoms with Gasteiger partial charge in [0.15, 0.2) is 0 Å². The number of hydrogen-bond acceptors (Lipinski definition) is 4. The second-order valence-electron chi connectivity index (χ2n) is 1.34. The number of nitrogens with two attached hydrogens (primary N) is 1. The Hall–Kier alpha value is -0.650. The lowest BCUT2D eigenvalue weighted by Crippen LogP contribution is -2.29. The molecule has 0 aliphatic carbocycles. The Kier molecular flexibility index (Phi) is 3.94. The number of halogens is 1. The molecule has 6 heteroatoms. The Labute approximate surface area is 67.8 Å². The molecule has 0 aliphatic rings. The molecule has 56 valence electrons. The fourth-order valence-corrected chi connectivity index (χ4v) is 0.922. The van der Waals surface area contributed by atoms with E-state index >= 15 is 0 Å². The smallest absolute Gasteiger partial charge is 0.276 e. The highest BCUT2D eigenvalue weighted by Crippen LogP contribution is 2.03. The molecule has 10 heavy (non-hydrogen) atoms. The van der Waals surface area contributed by atoms with Crippen LogP contribution in [0.15, 0.2) is 11.7 Å². The highest BCUT2D eigenvalue weighted by Gasteiger charge is 2.02. The Morgan fingerprint density at radius 3 is 2.90 bits per heavy atom. The van der Waals surface area contributed by atoms with E-state index in [9.17, 15) is 4.79 Å². The van der Waals surface area contributed by atoms with Crippen molar-refractivity contribution in [3.05, 3.63) is 16.6 Å². The Balaban J connectivity index is 0.000000810. The van der Waals surface area contributed by atoms with E-state index in [4.69, 9.17) is 5.84 Å². The first-order valence-electron chi connectivity index (χ1n) is 2.24. The number of carbonyl (C=O) groups excluding carboxylic acids is 1. The third-order valence-corrected chi connectivity index (χ3v) is 1.56. The largest absolute Gasteiger partial charge is 0.289 e. The Morgan fingerprint density at radius 1 is 1.80 bits per heavy atom. The number of nitrogens with zero attached hydrogens (tertiary/aromatic N) is 1. The van der Waals surface area contributed by atoms with Crippen molar-refractivity contribution in [3.63, 3.8) is 0 Å². The molecule has 0 aromatic carbocycles.